The lowest BCUT2D eigenvalue weighted by atomic mass is 10.1. The lowest BCUT2D eigenvalue weighted by Crippen LogP contribution is -2.27. The monoisotopic (exact) mass is 351 g/mol. The van der Waals surface area contributed by atoms with Crippen LogP contribution in [0.2, 0.25) is 0 Å². The van der Waals surface area contributed by atoms with E-state index in [1.807, 2.05) is 24.3 Å². The topological polar surface area (TPSA) is 84.1 Å². The van der Waals surface area contributed by atoms with Crippen molar-refractivity contribution in [3.05, 3.63) is 28.7 Å². The number of rotatable bonds is 3. The van der Waals surface area contributed by atoms with E-state index in [1.54, 1.807) is 4.68 Å². The molecule has 0 radical (unpaired) electrons. The number of benzene rings is 1. The van der Waals surface area contributed by atoms with Crippen LogP contribution in [-0.4, -0.2) is 49.4 Å². The van der Waals surface area contributed by atoms with Crippen LogP contribution >= 0.6 is 15.9 Å². The highest BCUT2D eigenvalue weighted by Crippen LogP contribution is 2.22. The van der Waals surface area contributed by atoms with Gasteiger partial charge in [0.2, 0.25) is 0 Å². The van der Waals surface area contributed by atoms with Gasteiger partial charge in [0, 0.05) is 29.7 Å². The summed E-state index contributed by atoms with van der Waals surface area (Å²) in [6.07, 6.45) is -0.0197. The van der Waals surface area contributed by atoms with Crippen molar-refractivity contribution in [1.29, 1.82) is 0 Å². The minimum absolute atomic E-state index is 0.249. The summed E-state index contributed by atoms with van der Waals surface area (Å²) >= 11 is 3.40. The van der Waals surface area contributed by atoms with Crippen molar-refractivity contribution in [3.8, 4) is 11.4 Å². The van der Waals surface area contributed by atoms with Gasteiger partial charge >= 0.3 is 6.09 Å². The third-order valence-electron chi connectivity index (χ3n) is 3.62. The molecule has 1 fully saturated rings. The number of tetrazole rings is 1. The SMILES string of the molecule is O=C(O)N1CC[C@@H](Cn2nnnc2-c2ccc(Br)cc2)C1. The molecular formula is C13H14BrN5O2. The fraction of sp³-hybridized carbons (Fsp3) is 0.385. The normalized spacial score (nSPS) is 18.1. The Morgan fingerprint density at radius 3 is 2.81 bits per heavy atom. The minimum atomic E-state index is -0.859. The quantitative estimate of drug-likeness (QED) is 0.915. The van der Waals surface area contributed by atoms with Gasteiger partial charge in [0.1, 0.15) is 0 Å². The number of hydrogen-bond donors (Lipinski definition) is 1. The van der Waals surface area contributed by atoms with Crippen molar-refractivity contribution in [1.82, 2.24) is 25.1 Å². The molecule has 0 bridgehead atoms. The average Bonchev–Trinajstić information content (AvgIpc) is 3.10. The Kier molecular flexibility index (Phi) is 3.87. The molecule has 1 N–H and O–H groups in total. The zero-order valence-corrected chi connectivity index (χ0v) is 12.8. The van der Waals surface area contributed by atoms with Gasteiger partial charge in [-0.2, -0.15) is 0 Å². The summed E-state index contributed by atoms with van der Waals surface area (Å²) in [4.78, 5) is 12.4. The second kappa shape index (κ2) is 5.80. The Bertz CT molecular complexity index is 642. The van der Waals surface area contributed by atoms with Gasteiger partial charge in [-0.1, -0.05) is 28.1 Å². The number of aromatic nitrogens is 4. The Morgan fingerprint density at radius 1 is 1.38 bits per heavy atom. The lowest BCUT2D eigenvalue weighted by molar-refractivity contribution is 0.153. The van der Waals surface area contributed by atoms with Crippen molar-refractivity contribution in [2.24, 2.45) is 5.92 Å². The van der Waals surface area contributed by atoms with Crippen molar-refractivity contribution in [2.45, 2.75) is 13.0 Å². The first-order valence-electron chi connectivity index (χ1n) is 6.63. The Balaban J connectivity index is 1.74. The molecule has 3 rings (SSSR count). The van der Waals surface area contributed by atoms with Gasteiger partial charge in [0.05, 0.1) is 0 Å². The van der Waals surface area contributed by atoms with E-state index in [4.69, 9.17) is 5.11 Å². The van der Waals surface area contributed by atoms with E-state index in [0.717, 1.165) is 16.5 Å². The predicted molar refractivity (Wildman–Crippen MR) is 78.7 cm³/mol. The first-order chi connectivity index (χ1) is 10.1. The Morgan fingerprint density at radius 2 is 2.14 bits per heavy atom. The number of amides is 1. The number of halogens is 1. The summed E-state index contributed by atoms with van der Waals surface area (Å²) in [5, 5.41) is 20.8. The van der Waals surface area contributed by atoms with Crippen LogP contribution in [-0.2, 0) is 6.54 Å². The number of carbonyl (C=O) groups is 1. The molecule has 1 aliphatic rings. The van der Waals surface area contributed by atoms with Crippen LogP contribution < -0.4 is 0 Å². The summed E-state index contributed by atoms with van der Waals surface area (Å²) in [7, 11) is 0. The van der Waals surface area contributed by atoms with E-state index in [0.29, 0.717) is 25.5 Å². The molecule has 1 saturated heterocycles. The Labute approximate surface area is 129 Å². The van der Waals surface area contributed by atoms with Crippen LogP contribution in [0.15, 0.2) is 28.7 Å². The lowest BCUT2D eigenvalue weighted by Gasteiger charge is -2.12. The summed E-state index contributed by atoms with van der Waals surface area (Å²) in [6.45, 7) is 1.74. The minimum Gasteiger partial charge on any atom is -0.465 e. The van der Waals surface area contributed by atoms with Crippen LogP contribution in [0.4, 0.5) is 4.79 Å². The van der Waals surface area contributed by atoms with E-state index < -0.39 is 6.09 Å². The van der Waals surface area contributed by atoms with Crippen LogP contribution in [0.1, 0.15) is 6.42 Å². The fourth-order valence-electron chi connectivity index (χ4n) is 2.53. The number of carboxylic acid groups (broad SMARTS) is 1. The molecule has 0 aliphatic carbocycles. The van der Waals surface area contributed by atoms with Gasteiger partial charge in [-0.15, -0.1) is 5.10 Å². The van der Waals surface area contributed by atoms with Gasteiger partial charge in [-0.3, -0.25) is 0 Å². The molecule has 8 heteroatoms. The van der Waals surface area contributed by atoms with Crippen molar-refractivity contribution in [3.63, 3.8) is 0 Å². The molecule has 0 saturated carbocycles. The largest absolute Gasteiger partial charge is 0.465 e. The fourth-order valence-corrected chi connectivity index (χ4v) is 2.80. The Hall–Kier alpha value is -1.96. The van der Waals surface area contributed by atoms with E-state index in [-0.39, 0.29) is 5.92 Å². The zero-order chi connectivity index (χ0) is 14.8. The molecule has 0 spiro atoms. The highest BCUT2D eigenvalue weighted by molar-refractivity contribution is 9.10. The average molecular weight is 352 g/mol. The summed E-state index contributed by atoms with van der Waals surface area (Å²) in [5.74, 6) is 0.954. The first-order valence-corrected chi connectivity index (χ1v) is 7.43. The predicted octanol–water partition coefficient (Wildman–Crippen LogP) is 2.10. The van der Waals surface area contributed by atoms with Crippen LogP contribution in [0.5, 0.6) is 0 Å². The molecule has 1 atom stereocenters. The molecule has 1 aliphatic heterocycles. The van der Waals surface area contributed by atoms with E-state index in [2.05, 4.69) is 31.5 Å². The third-order valence-corrected chi connectivity index (χ3v) is 4.15. The van der Waals surface area contributed by atoms with Crippen LogP contribution in [0.25, 0.3) is 11.4 Å². The molecule has 21 heavy (non-hydrogen) atoms. The maximum Gasteiger partial charge on any atom is 0.407 e. The van der Waals surface area contributed by atoms with Crippen molar-refractivity contribution < 1.29 is 9.90 Å². The second-order valence-electron chi connectivity index (χ2n) is 5.07. The molecule has 7 nitrogen and oxygen atoms in total. The van der Waals surface area contributed by atoms with Crippen molar-refractivity contribution in [2.75, 3.05) is 13.1 Å². The smallest absolute Gasteiger partial charge is 0.407 e. The van der Waals surface area contributed by atoms with Gasteiger partial charge in [-0.25, -0.2) is 9.48 Å². The maximum atomic E-state index is 10.9. The first kappa shape index (κ1) is 14.0. The van der Waals surface area contributed by atoms with Crippen molar-refractivity contribution >= 4 is 22.0 Å². The highest BCUT2D eigenvalue weighted by atomic mass is 79.9. The number of likely N-dealkylation sites (tertiary alicyclic amines) is 1. The molecule has 2 aromatic rings. The van der Waals surface area contributed by atoms with Crippen LogP contribution in [0.3, 0.4) is 0 Å². The maximum absolute atomic E-state index is 10.9. The van der Waals surface area contributed by atoms with E-state index in [9.17, 15) is 4.79 Å². The second-order valence-corrected chi connectivity index (χ2v) is 5.99. The summed E-state index contributed by atoms with van der Waals surface area (Å²) in [5.41, 5.74) is 0.941. The molecular weight excluding hydrogens is 338 g/mol. The molecule has 1 amide bonds. The number of nitrogens with zero attached hydrogens (tertiary/aromatic N) is 5. The molecule has 1 aromatic carbocycles. The van der Waals surface area contributed by atoms with E-state index >= 15 is 0 Å². The highest BCUT2D eigenvalue weighted by Gasteiger charge is 2.27. The van der Waals surface area contributed by atoms with Gasteiger partial charge in [0.25, 0.3) is 0 Å². The van der Waals surface area contributed by atoms with Gasteiger partial charge in [0.15, 0.2) is 5.82 Å². The molecule has 2 heterocycles. The summed E-state index contributed by atoms with van der Waals surface area (Å²) < 4.78 is 2.75. The van der Waals surface area contributed by atoms with Gasteiger partial charge < -0.3 is 10.0 Å². The van der Waals surface area contributed by atoms with Gasteiger partial charge in [-0.05, 0) is 34.9 Å². The third kappa shape index (κ3) is 3.05. The summed E-state index contributed by atoms with van der Waals surface area (Å²) in [6, 6.07) is 7.78. The molecule has 1 aromatic heterocycles. The van der Waals surface area contributed by atoms with Crippen LogP contribution in [0, 0.1) is 5.92 Å². The molecule has 0 unspecified atom stereocenters. The standard InChI is InChI=1S/C13H14BrN5O2/c14-11-3-1-10(2-4-11)12-15-16-17-19(12)8-9-5-6-18(7-9)13(20)21/h1-4,9H,5-8H2,(H,20,21)/t9-/m1/s1. The van der Waals surface area contributed by atoms with E-state index in [1.165, 1.54) is 4.90 Å². The molecule has 110 valence electrons. The zero-order valence-electron chi connectivity index (χ0n) is 11.2. The number of hydrogen-bond acceptors (Lipinski definition) is 4.